The molecule has 176 valence electrons. The van der Waals surface area contributed by atoms with Crippen molar-refractivity contribution in [2.45, 2.75) is 38.1 Å². The molecule has 3 amide bonds. The molecule has 1 fully saturated rings. The Bertz CT molecular complexity index is 979. The van der Waals surface area contributed by atoms with Crippen LogP contribution in [0.5, 0.6) is 0 Å². The van der Waals surface area contributed by atoms with Crippen LogP contribution in [-0.2, 0) is 0 Å². The lowest BCUT2D eigenvalue weighted by Crippen LogP contribution is -2.46. The number of urea groups is 1. The largest absolute Gasteiger partial charge is 0.336 e. The van der Waals surface area contributed by atoms with Crippen LogP contribution >= 0.6 is 0 Å². The molecule has 2 aromatic rings. The Kier molecular flexibility index (Phi) is 7.57. The van der Waals surface area contributed by atoms with E-state index in [9.17, 15) is 9.59 Å². The molecule has 1 unspecified atom stereocenters. The summed E-state index contributed by atoms with van der Waals surface area (Å²) in [5, 5.41) is 5.95. The number of carbonyl (C=O) groups excluding carboxylic acids is 2. The van der Waals surface area contributed by atoms with Crippen LogP contribution in [0.25, 0.3) is 0 Å². The third-order valence-electron chi connectivity index (χ3n) is 6.41. The van der Waals surface area contributed by atoms with Gasteiger partial charge in [-0.3, -0.25) is 9.69 Å². The lowest BCUT2D eigenvalue weighted by molar-refractivity contribution is 0.102. The van der Waals surface area contributed by atoms with Gasteiger partial charge in [-0.2, -0.15) is 0 Å². The summed E-state index contributed by atoms with van der Waals surface area (Å²) in [5.41, 5.74) is 1.50. The molecule has 33 heavy (non-hydrogen) atoms. The summed E-state index contributed by atoms with van der Waals surface area (Å²) in [6.07, 6.45) is 7.73. The number of carbonyl (C=O) groups is 2. The smallest absolute Gasteiger partial charge is 0.327 e. The standard InChI is InChI=1S/C25H34N6O2/c1-29(2)16-8-10-19-9-5-6-17-30(19)18-15-27-25(33)31-22-13-4-3-11-20(22)24(32)28-21-12-7-14-26-23(21)31/h3-4,7,11-14,19H,5-6,8-10,15-18H2,1-2H3,(H,27,33)(H,28,32). The second-order valence-corrected chi connectivity index (χ2v) is 9.04. The zero-order chi connectivity index (χ0) is 23.2. The maximum atomic E-state index is 13.4. The fraction of sp³-hybridized carbons (Fsp3) is 0.480. The van der Waals surface area contributed by atoms with E-state index < -0.39 is 0 Å². The lowest BCUT2D eigenvalue weighted by Gasteiger charge is -2.36. The third-order valence-corrected chi connectivity index (χ3v) is 6.41. The van der Waals surface area contributed by atoms with Crippen molar-refractivity contribution in [3.63, 3.8) is 0 Å². The minimum atomic E-state index is -0.278. The topological polar surface area (TPSA) is 80.8 Å². The van der Waals surface area contributed by atoms with Crippen LogP contribution in [-0.4, -0.2) is 73.0 Å². The van der Waals surface area contributed by atoms with E-state index in [1.165, 1.54) is 37.0 Å². The molecule has 1 saturated heterocycles. The average Bonchev–Trinajstić information content (AvgIpc) is 2.93. The molecular weight excluding hydrogens is 416 g/mol. The van der Waals surface area contributed by atoms with Gasteiger partial charge in [0.2, 0.25) is 0 Å². The highest BCUT2D eigenvalue weighted by Crippen LogP contribution is 2.36. The molecule has 0 saturated carbocycles. The Balaban J connectivity index is 1.44. The first kappa shape index (κ1) is 23.2. The van der Waals surface area contributed by atoms with E-state index in [4.69, 9.17) is 0 Å². The summed E-state index contributed by atoms with van der Waals surface area (Å²) in [6.45, 7) is 3.55. The summed E-state index contributed by atoms with van der Waals surface area (Å²) < 4.78 is 0. The highest BCUT2D eigenvalue weighted by atomic mass is 16.2. The van der Waals surface area contributed by atoms with Gasteiger partial charge in [0.05, 0.1) is 16.9 Å². The molecule has 0 bridgehead atoms. The third kappa shape index (κ3) is 5.51. The number of anilines is 3. The number of nitrogens with one attached hydrogen (secondary N) is 2. The first-order chi connectivity index (χ1) is 16.0. The zero-order valence-corrected chi connectivity index (χ0v) is 19.6. The van der Waals surface area contributed by atoms with Gasteiger partial charge >= 0.3 is 6.03 Å². The number of amides is 3. The second kappa shape index (κ2) is 10.8. The van der Waals surface area contributed by atoms with Gasteiger partial charge in [0, 0.05) is 25.3 Å². The Morgan fingerprint density at radius 2 is 2.06 bits per heavy atom. The van der Waals surface area contributed by atoms with Gasteiger partial charge in [-0.05, 0) is 77.1 Å². The van der Waals surface area contributed by atoms with Gasteiger partial charge in [-0.15, -0.1) is 0 Å². The van der Waals surface area contributed by atoms with Crippen molar-refractivity contribution < 1.29 is 9.59 Å². The number of fused-ring (bicyclic) bond motifs is 2. The van der Waals surface area contributed by atoms with Gasteiger partial charge in [0.15, 0.2) is 5.82 Å². The average molecular weight is 451 g/mol. The van der Waals surface area contributed by atoms with Gasteiger partial charge in [0.1, 0.15) is 0 Å². The molecule has 0 radical (unpaired) electrons. The van der Waals surface area contributed by atoms with Crippen molar-refractivity contribution in [1.82, 2.24) is 20.1 Å². The van der Waals surface area contributed by atoms with Gasteiger partial charge < -0.3 is 15.5 Å². The van der Waals surface area contributed by atoms with Crippen molar-refractivity contribution >= 4 is 29.1 Å². The number of hydrogen-bond donors (Lipinski definition) is 2. The number of nitrogens with zero attached hydrogens (tertiary/aromatic N) is 4. The predicted molar refractivity (Wildman–Crippen MR) is 131 cm³/mol. The maximum absolute atomic E-state index is 13.4. The van der Waals surface area contributed by atoms with Crippen LogP contribution in [0.4, 0.5) is 22.0 Å². The number of hydrogen-bond acceptors (Lipinski definition) is 5. The number of piperidine rings is 1. The lowest BCUT2D eigenvalue weighted by atomic mass is 9.98. The van der Waals surface area contributed by atoms with Gasteiger partial charge in [-0.25, -0.2) is 14.7 Å². The fourth-order valence-corrected chi connectivity index (χ4v) is 4.75. The summed E-state index contributed by atoms with van der Waals surface area (Å²) in [6, 6.07) is 10.9. The number of likely N-dealkylation sites (tertiary alicyclic amines) is 1. The normalized spacial score (nSPS) is 18.3. The number of para-hydroxylation sites is 1. The minimum absolute atomic E-state index is 0.246. The van der Waals surface area contributed by atoms with E-state index in [0.717, 1.165) is 19.6 Å². The minimum Gasteiger partial charge on any atom is -0.336 e. The Morgan fingerprint density at radius 3 is 2.91 bits per heavy atom. The number of benzene rings is 1. The summed E-state index contributed by atoms with van der Waals surface area (Å²) in [7, 11) is 4.23. The molecular formula is C25H34N6O2. The van der Waals surface area contributed by atoms with E-state index in [0.29, 0.717) is 35.3 Å². The van der Waals surface area contributed by atoms with Crippen LogP contribution in [0, 0.1) is 0 Å². The van der Waals surface area contributed by atoms with E-state index >= 15 is 0 Å². The van der Waals surface area contributed by atoms with Gasteiger partial charge in [0.25, 0.3) is 5.91 Å². The van der Waals surface area contributed by atoms with Crippen LogP contribution in [0.2, 0.25) is 0 Å². The van der Waals surface area contributed by atoms with E-state index in [-0.39, 0.29) is 11.9 Å². The first-order valence-corrected chi connectivity index (χ1v) is 11.9. The molecule has 2 aliphatic rings. The van der Waals surface area contributed by atoms with Crippen molar-refractivity contribution in [3.05, 3.63) is 48.2 Å². The van der Waals surface area contributed by atoms with Crippen LogP contribution in [0.15, 0.2) is 42.6 Å². The SMILES string of the molecule is CN(C)CCCC1CCCCN1CCNC(=O)N1c2ccccc2C(=O)Nc2cccnc21. The summed E-state index contributed by atoms with van der Waals surface area (Å²) >= 11 is 0. The van der Waals surface area contributed by atoms with Crippen LogP contribution < -0.4 is 15.5 Å². The maximum Gasteiger partial charge on any atom is 0.327 e. The molecule has 1 aromatic heterocycles. The quantitative estimate of drug-likeness (QED) is 0.672. The fourth-order valence-electron chi connectivity index (χ4n) is 4.75. The van der Waals surface area contributed by atoms with Gasteiger partial charge in [-0.1, -0.05) is 18.6 Å². The number of aromatic nitrogens is 1. The molecule has 8 nitrogen and oxygen atoms in total. The Labute approximate surface area is 196 Å². The van der Waals surface area contributed by atoms with Crippen molar-refractivity contribution in [1.29, 1.82) is 0 Å². The molecule has 3 heterocycles. The van der Waals surface area contributed by atoms with E-state index in [2.05, 4.69) is 39.5 Å². The van der Waals surface area contributed by atoms with Crippen LogP contribution in [0.1, 0.15) is 42.5 Å². The number of rotatable bonds is 7. The van der Waals surface area contributed by atoms with Crippen molar-refractivity contribution in [2.24, 2.45) is 0 Å². The predicted octanol–water partition coefficient (Wildman–Crippen LogP) is 3.69. The first-order valence-electron chi connectivity index (χ1n) is 11.9. The molecule has 4 rings (SSSR count). The molecule has 1 atom stereocenters. The van der Waals surface area contributed by atoms with Crippen LogP contribution in [0.3, 0.4) is 0 Å². The molecule has 0 aliphatic carbocycles. The molecule has 2 aliphatic heterocycles. The van der Waals surface area contributed by atoms with Crippen molar-refractivity contribution in [2.75, 3.05) is 50.5 Å². The highest BCUT2D eigenvalue weighted by molar-refractivity contribution is 6.16. The second-order valence-electron chi connectivity index (χ2n) is 9.04. The Hall–Kier alpha value is -2.97. The molecule has 8 heteroatoms. The monoisotopic (exact) mass is 450 g/mol. The van der Waals surface area contributed by atoms with E-state index in [1.807, 2.05) is 6.07 Å². The highest BCUT2D eigenvalue weighted by Gasteiger charge is 2.30. The number of pyridine rings is 1. The Morgan fingerprint density at radius 1 is 1.21 bits per heavy atom. The van der Waals surface area contributed by atoms with E-state index in [1.54, 1.807) is 36.5 Å². The summed E-state index contributed by atoms with van der Waals surface area (Å²) in [4.78, 5) is 36.8. The molecule has 2 N–H and O–H groups in total. The summed E-state index contributed by atoms with van der Waals surface area (Å²) in [5.74, 6) is 0.178. The molecule has 0 spiro atoms. The zero-order valence-electron chi connectivity index (χ0n) is 19.6. The molecule has 1 aromatic carbocycles. The van der Waals surface area contributed by atoms with Crippen molar-refractivity contribution in [3.8, 4) is 0 Å².